The van der Waals surface area contributed by atoms with Gasteiger partial charge in [-0.3, -0.25) is 0 Å². The molecule has 0 heterocycles. The second-order valence-electron chi connectivity index (χ2n) is 3.50. The number of benzene rings is 1. The molecule has 0 amide bonds. The van der Waals surface area contributed by atoms with Crippen molar-refractivity contribution in [1.82, 2.24) is 5.32 Å². The minimum atomic E-state index is 0.762. The molecule has 0 bridgehead atoms. The predicted molar refractivity (Wildman–Crippen MR) is 65.7 cm³/mol. The molecule has 0 saturated heterocycles. The van der Waals surface area contributed by atoms with Gasteiger partial charge in [0.1, 0.15) is 0 Å². The zero-order valence-electron chi connectivity index (χ0n) is 8.99. The lowest BCUT2D eigenvalue weighted by atomic mass is 10.2. The second-order valence-corrected chi connectivity index (χ2v) is 4.77. The van der Waals surface area contributed by atoms with E-state index in [1.54, 1.807) is 0 Å². The van der Waals surface area contributed by atoms with Gasteiger partial charge in [-0.25, -0.2) is 0 Å². The van der Waals surface area contributed by atoms with Crippen LogP contribution < -0.4 is 5.32 Å². The average molecular weight is 209 g/mol. The standard InChI is InChI=1S/C12H19NS/c1-11(14-2)8-9-13-10-12-6-4-3-5-7-12/h3-7,11,13H,8-10H2,1-2H3. The summed E-state index contributed by atoms with van der Waals surface area (Å²) >= 11 is 1.93. The Bertz CT molecular complexity index is 235. The van der Waals surface area contributed by atoms with Gasteiger partial charge < -0.3 is 5.32 Å². The first-order valence-corrected chi connectivity index (χ1v) is 6.39. The smallest absolute Gasteiger partial charge is 0.0205 e. The Morgan fingerprint density at radius 3 is 2.64 bits per heavy atom. The Labute approximate surface area is 91.3 Å². The van der Waals surface area contributed by atoms with Crippen LogP contribution in [0.1, 0.15) is 18.9 Å². The minimum Gasteiger partial charge on any atom is -0.313 e. The summed E-state index contributed by atoms with van der Waals surface area (Å²) in [5, 5.41) is 4.22. The molecule has 0 saturated carbocycles. The number of nitrogens with one attached hydrogen (secondary N) is 1. The molecule has 0 spiro atoms. The molecule has 2 heteroatoms. The van der Waals surface area contributed by atoms with E-state index in [0.717, 1.165) is 18.3 Å². The number of hydrogen-bond acceptors (Lipinski definition) is 2. The molecule has 0 aliphatic rings. The number of hydrogen-bond donors (Lipinski definition) is 1. The first-order valence-electron chi connectivity index (χ1n) is 5.10. The van der Waals surface area contributed by atoms with Crippen molar-refractivity contribution in [2.75, 3.05) is 12.8 Å². The summed E-state index contributed by atoms with van der Waals surface area (Å²) in [4.78, 5) is 0. The summed E-state index contributed by atoms with van der Waals surface area (Å²) in [5.74, 6) is 0. The Balaban J connectivity index is 2.10. The van der Waals surface area contributed by atoms with Crippen molar-refractivity contribution in [3.8, 4) is 0 Å². The van der Waals surface area contributed by atoms with Crippen LogP contribution in [0.15, 0.2) is 30.3 Å². The van der Waals surface area contributed by atoms with Crippen molar-refractivity contribution < 1.29 is 0 Å². The maximum absolute atomic E-state index is 3.45. The zero-order valence-corrected chi connectivity index (χ0v) is 9.81. The third-order valence-electron chi connectivity index (χ3n) is 2.30. The van der Waals surface area contributed by atoms with Crippen LogP contribution in [-0.2, 0) is 6.54 Å². The van der Waals surface area contributed by atoms with Gasteiger partial charge in [-0.15, -0.1) is 0 Å². The van der Waals surface area contributed by atoms with E-state index < -0.39 is 0 Å². The molecule has 1 aromatic carbocycles. The molecule has 78 valence electrons. The largest absolute Gasteiger partial charge is 0.313 e. The van der Waals surface area contributed by atoms with Gasteiger partial charge in [0.25, 0.3) is 0 Å². The first-order chi connectivity index (χ1) is 6.83. The maximum atomic E-state index is 3.45. The summed E-state index contributed by atoms with van der Waals surface area (Å²) in [5.41, 5.74) is 1.37. The van der Waals surface area contributed by atoms with E-state index in [4.69, 9.17) is 0 Å². The van der Waals surface area contributed by atoms with Crippen molar-refractivity contribution in [1.29, 1.82) is 0 Å². The van der Waals surface area contributed by atoms with Crippen LogP contribution in [-0.4, -0.2) is 18.1 Å². The molecule has 0 fully saturated rings. The van der Waals surface area contributed by atoms with Crippen molar-refractivity contribution >= 4 is 11.8 Å². The van der Waals surface area contributed by atoms with Crippen molar-refractivity contribution in [3.05, 3.63) is 35.9 Å². The van der Waals surface area contributed by atoms with Crippen LogP contribution in [0.2, 0.25) is 0 Å². The molecule has 0 radical (unpaired) electrons. The van der Waals surface area contributed by atoms with E-state index in [2.05, 4.69) is 48.8 Å². The summed E-state index contributed by atoms with van der Waals surface area (Å²) in [6.07, 6.45) is 3.41. The molecule has 1 nitrogen and oxygen atoms in total. The summed E-state index contributed by atoms with van der Waals surface area (Å²) in [6.45, 7) is 4.37. The number of thioether (sulfide) groups is 1. The van der Waals surface area contributed by atoms with E-state index in [1.165, 1.54) is 12.0 Å². The molecular formula is C12H19NS. The van der Waals surface area contributed by atoms with Crippen LogP contribution in [0, 0.1) is 0 Å². The molecule has 14 heavy (non-hydrogen) atoms. The molecule has 1 rings (SSSR count). The zero-order chi connectivity index (χ0) is 10.2. The lowest BCUT2D eigenvalue weighted by Gasteiger charge is -2.08. The fraction of sp³-hybridized carbons (Fsp3) is 0.500. The quantitative estimate of drug-likeness (QED) is 0.723. The topological polar surface area (TPSA) is 12.0 Å². The highest BCUT2D eigenvalue weighted by Crippen LogP contribution is 2.08. The predicted octanol–water partition coefficient (Wildman–Crippen LogP) is 2.92. The Morgan fingerprint density at radius 2 is 2.00 bits per heavy atom. The third kappa shape index (κ3) is 4.68. The van der Waals surface area contributed by atoms with Crippen molar-refractivity contribution in [2.45, 2.75) is 25.1 Å². The molecular weight excluding hydrogens is 190 g/mol. The second kappa shape index (κ2) is 6.91. The van der Waals surface area contributed by atoms with Crippen molar-refractivity contribution in [3.63, 3.8) is 0 Å². The van der Waals surface area contributed by atoms with Crippen LogP contribution in [0.4, 0.5) is 0 Å². The average Bonchev–Trinajstić information content (AvgIpc) is 2.25. The molecule has 1 atom stereocenters. The third-order valence-corrected chi connectivity index (χ3v) is 3.34. The van der Waals surface area contributed by atoms with Gasteiger partial charge in [-0.05, 0) is 24.8 Å². The molecule has 1 N–H and O–H groups in total. The lowest BCUT2D eigenvalue weighted by molar-refractivity contribution is 0.648. The fourth-order valence-corrected chi connectivity index (χ4v) is 1.61. The fourth-order valence-electron chi connectivity index (χ4n) is 1.25. The van der Waals surface area contributed by atoms with E-state index in [1.807, 2.05) is 11.8 Å². The Morgan fingerprint density at radius 1 is 1.29 bits per heavy atom. The molecule has 0 aromatic heterocycles. The van der Waals surface area contributed by atoms with E-state index in [9.17, 15) is 0 Å². The van der Waals surface area contributed by atoms with Gasteiger partial charge >= 0.3 is 0 Å². The number of rotatable bonds is 6. The Kier molecular flexibility index (Phi) is 5.72. The molecule has 1 unspecified atom stereocenters. The van der Waals surface area contributed by atoms with Crippen LogP contribution in [0.25, 0.3) is 0 Å². The normalized spacial score (nSPS) is 12.7. The van der Waals surface area contributed by atoms with Gasteiger partial charge in [0.15, 0.2) is 0 Å². The Hall–Kier alpha value is -0.470. The van der Waals surface area contributed by atoms with Gasteiger partial charge in [0.05, 0.1) is 0 Å². The highest BCUT2D eigenvalue weighted by atomic mass is 32.2. The van der Waals surface area contributed by atoms with Gasteiger partial charge in [-0.1, -0.05) is 37.3 Å². The van der Waals surface area contributed by atoms with Gasteiger partial charge in [0, 0.05) is 11.8 Å². The minimum absolute atomic E-state index is 0.762. The van der Waals surface area contributed by atoms with E-state index in [-0.39, 0.29) is 0 Å². The monoisotopic (exact) mass is 209 g/mol. The maximum Gasteiger partial charge on any atom is 0.0205 e. The van der Waals surface area contributed by atoms with E-state index in [0.29, 0.717) is 0 Å². The summed E-state index contributed by atoms with van der Waals surface area (Å²) in [6, 6.07) is 10.5. The van der Waals surface area contributed by atoms with Crippen LogP contribution in [0.3, 0.4) is 0 Å². The molecule has 0 aliphatic carbocycles. The van der Waals surface area contributed by atoms with Gasteiger partial charge in [0.2, 0.25) is 0 Å². The van der Waals surface area contributed by atoms with Gasteiger partial charge in [-0.2, -0.15) is 11.8 Å². The van der Waals surface area contributed by atoms with E-state index >= 15 is 0 Å². The van der Waals surface area contributed by atoms with Crippen LogP contribution in [0.5, 0.6) is 0 Å². The SMILES string of the molecule is CSC(C)CCNCc1ccccc1. The van der Waals surface area contributed by atoms with Crippen LogP contribution >= 0.6 is 11.8 Å². The highest BCUT2D eigenvalue weighted by Gasteiger charge is 1.97. The van der Waals surface area contributed by atoms with Crippen molar-refractivity contribution in [2.24, 2.45) is 0 Å². The lowest BCUT2D eigenvalue weighted by Crippen LogP contribution is -2.17. The molecule has 1 aromatic rings. The summed E-state index contributed by atoms with van der Waals surface area (Å²) < 4.78 is 0. The molecule has 0 aliphatic heterocycles. The summed E-state index contributed by atoms with van der Waals surface area (Å²) in [7, 11) is 0. The first kappa shape index (κ1) is 11.6. The highest BCUT2D eigenvalue weighted by molar-refractivity contribution is 7.99.